The van der Waals surface area contributed by atoms with Gasteiger partial charge in [-0.25, -0.2) is 0 Å². The molecule has 4 rings (SSSR count). The average Bonchev–Trinajstić information content (AvgIpc) is 3.05. The van der Waals surface area contributed by atoms with Gasteiger partial charge in [0.1, 0.15) is 6.10 Å². The molecule has 148 valence electrons. The van der Waals surface area contributed by atoms with E-state index >= 15 is 0 Å². The Morgan fingerprint density at radius 1 is 1.11 bits per heavy atom. The highest BCUT2D eigenvalue weighted by atomic mass is 32.2. The smallest absolute Gasteiger partial charge is 0.309 e. The number of carbonyl (C=O) groups is 2. The molecule has 0 aromatic heterocycles. The van der Waals surface area contributed by atoms with Gasteiger partial charge in [0.05, 0.1) is 16.9 Å². The van der Waals surface area contributed by atoms with Gasteiger partial charge in [0.25, 0.3) is 10.1 Å². The van der Waals surface area contributed by atoms with Crippen LogP contribution < -0.4 is 0 Å². The van der Waals surface area contributed by atoms with Crippen molar-refractivity contribution in [3.8, 4) is 0 Å². The standard InChI is InChI=1S/C21H22O6S/c1-11-9-15(22)17-12(2)10-16(19-13(3)21(23)26-20(19)18(11)17)27-28(24,25)14-7-5-4-6-8-14/h4-9,13,16,18-20H,10H2,1-3H3. The summed E-state index contributed by atoms with van der Waals surface area (Å²) >= 11 is 0. The number of ether oxygens (including phenoxy) is 1. The molecule has 1 saturated heterocycles. The number of hydrogen-bond acceptors (Lipinski definition) is 6. The molecule has 1 aromatic rings. The molecule has 5 atom stereocenters. The van der Waals surface area contributed by atoms with Crippen LogP contribution in [0.15, 0.2) is 58.0 Å². The first-order valence-corrected chi connectivity index (χ1v) is 10.7. The fourth-order valence-electron chi connectivity index (χ4n) is 4.69. The van der Waals surface area contributed by atoms with Gasteiger partial charge < -0.3 is 4.74 Å². The Morgan fingerprint density at radius 2 is 1.79 bits per heavy atom. The van der Waals surface area contributed by atoms with Crippen molar-refractivity contribution in [2.75, 3.05) is 0 Å². The molecule has 5 unspecified atom stereocenters. The van der Waals surface area contributed by atoms with Crippen molar-refractivity contribution in [2.24, 2.45) is 17.8 Å². The van der Waals surface area contributed by atoms with Crippen LogP contribution in [-0.4, -0.2) is 32.4 Å². The molecule has 0 spiro atoms. The van der Waals surface area contributed by atoms with Crippen LogP contribution in [0.2, 0.25) is 0 Å². The molecule has 3 aliphatic rings. The lowest BCUT2D eigenvalue weighted by atomic mass is 9.80. The fraction of sp³-hybridized carbons (Fsp3) is 0.429. The maximum Gasteiger partial charge on any atom is 0.309 e. The van der Waals surface area contributed by atoms with Gasteiger partial charge in [0.15, 0.2) is 5.78 Å². The van der Waals surface area contributed by atoms with E-state index < -0.39 is 34.2 Å². The van der Waals surface area contributed by atoms with Crippen molar-refractivity contribution in [3.63, 3.8) is 0 Å². The van der Waals surface area contributed by atoms with E-state index in [2.05, 4.69) is 0 Å². The van der Waals surface area contributed by atoms with Crippen LogP contribution in [0.25, 0.3) is 0 Å². The Hall–Kier alpha value is -2.25. The summed E-state index contributed by atoms with van der Waals surface area (Å²) in [4.78, 5) is 24.9. The maximum atomic E-state index is 12.8. The second-order valence-corrected chi connectivity index (χ2v) is 9.37. The summed E-state index contributed by atoms with van der Waals surface area (Å²) < 4.78 is 37.0. The molecule has 28 heavy (non-hydrogen) atoms. The topological polar surface area (TPSA) is 86.7 Å². The third-order valence-corrected chi connectivity index (χ3v) is 7.36. The molecule has 0 amide bonds. The first-order chi connectivity index (χ1) is 13.2. The first-order valence-electron chi connectivity index (χ1n) is 9.31. The van der Waals surface area contributed by atoms with Crippen molar-refractivity contribution in [1.29, 1.82) is 0 Å². The van der Waals surface area contributed by atoms with Gasteiger partial charge in [-0.15, -0.1) is 0 Å². The Balaban J connectivity index is 1.76. The molecule has 7 heteroatoms. The predicted molar refractivity (Wildman–Crippen MR) is 101 cm³/mol. The van der Waals surface area contributed by atoms with Crippen molar-refractivity contribution in [3.05, 3.63) is 53.1 Å². The van der Waals surface area contributed by atoms with Crippen LogP contribution in [0.5, 0.6) is 0 Å². The van der Waals surface area contributed by atoms with E-state index in [1.165, 1.54) is 12.1 Å². The summed E-state index contributed by atoms with van der Waals surface area (Å²) in [5, 5.41) is 0. The Morgan fingerprint density at radius 3 is 2.46 bits per heavy atom. The van der Waals surface area contributed by atoms with Crippen LogP contribution in [0.3, 0.4) is 0 Å². The van der Waals surface area contributed by atoms with E-state index in [1.54, 1.807) is 31.2 Å². The number of rotatable bonds is 3. The zero-order chi connectivity index (χ0) is 20.2. The van der Waals surface area contributed by atoms with Crippen molar-refractivity contribution >= 4 is 21.9 Å². The van der Waals surface area contributed by atoms with Gasteiger partial charge in [-0.2, -0.15) is 8.42 Å². The van der Waals surface area contributed by atoms with Gasteiger partial charge in [-0.05, 0) is 38.5 Å². The summed E-state index contributed by atoms with van der Waals surface area (Å²) in [5.74, 6) is -1.79. The van der Waals surface area contributed by atoms with E-state index in [0.29, 0.717) is 5.57 Å². The highest BCUT2D eigenvalue weighted by Crippen LogP contribution is 2.49. The second kappa shape index (κ2) is 6.67. The molecule has 1 aromatic carbocycles. The largest absolute Gasteiger partial charge is 0.461 e. The van der Waals surface area contributed by atoms with Gasteiger partial charge >= 0.3 is 5.97 Å². The van der Waals surface area contributed by atoms with Crippen LogP contribution >= 0.6 is 0 Å². The number of hydrogen-bond donors (Lipinski definition) is 0. The monoisotopic (exact) mass is 402 g/mol. The Bertz CT molecular complexity index is 1000. The molecule has 0 bridgehead atoms. The number of ketones is 1. The van der Waals surface area contributed by atoms with Crippen LogP contribution in [0.4, 0.5) is 0 Å². The minimum Gasteiger partial charge on any atom is -0.461 e. The van der Waals surface area contributed by atoms with Crippen molar-refractivity contribution < 1.29 is 26.9 Å². The number of carbonyl (C=O) groups excluding carboxylic acids is 2. The summed E-state index contributed by atoms with van der Waals surface area (Å²) in [6.45, 7) is 5.40. The molecular formula is C21H22O6S. The maximum absolute atomic E-state index is 12.8. The van der Waals surface area contributed by atoms with Crippen LogP contribution in [0.1, 0.15) is 27.2 Å². The van der Waals surface area contributed by atoms with E-state index in [4.69, 9.17) is 8.92 Å². The molecule has 1 heterocycles. The second-order valence-electron chi connectivity index (χ2n) is 7.80. The molecule has 0 saturated carbocycles. The Labute approximate surface area is 164 Å². The van der Waals surface area contributed by atoms with E-state index in [9.17, 15) is 18.0 Å². The zero-order valence-electron chi connectivity index (χ0n) is 15.9. The molecule has 1 aliphatic heterocycles. The van der Waals surface area contributed by atoms with Gasteiger partial charge in [-0.1, -0.05) is 36.3 Å². The zero-order valence-corrected chi connectivity index (χ0v) is 16.7. The fourth-order valence-corrected chi connectivity index (χ4v) is 5.81. The van der Waals surface area contributed by atoms with Gasteiger partial charge in [0, 0.05) is 17.4 Å². The summed E-state index contributed by atoms with van der Waals surface area (Å²) in [7, 11) is -4.02. The molecule has 1 fully saturated rings. The minimum absolute atomic E-state index is 0.0614. The van der Waals surface area contributed by atoms with E-state index in [-0.39, 0.29) is 29.0 Å². The quantitative estimate of drug-likeness (QED) is 0.571. The third-order valence-electron chi connectivity index (χ3n) is 6.01. The molecular weight excluding hydrogens is 380 g/mol. The number of esters is 1. The first kappa shape index (κ1) is 19.1. The lowest BCUT2D eigenvalue weighted by Crippen LogP contribution is -2.38. The molecule has 0 N–H and O–H groups in total. The van der Waals surface area contributed by atoms with E-state index in [0.717, 1.165) is 11.1 Å². The lowest BCUT2D eigenvalue weighted by Gasteiger charge is -2.29. The highest BCUT2D eigenvalue weighted by Gasteiger charge is 2.55. The SMILES string of the molecule is CC1=CC(=O)C2=C(C)CC(OS(=O)(=O)c3ccccc3)C3C(C)C(=O)OC3C12. The average molecular weight is 402 g/mol. The van der Waals surface area contributed by atoms with E-state index in [1.807, 2.05) is 13.8 Å². The molecule has 2 aliphatic carbocycles. The number of allylic oxidation sites excluding steroid dienone is 1. The normalized spacial score (nSPS) is 32.5. The van der Waals surface area contributed by atoms with Gasteiger partial charge in [0.2, 0.25) is 0 Å². The number of benzene rings is 1. The lowest BCUT2D eigenvalue weighted by molar-refractivity contribution is -0.144. The number of fused-ring (bicyclic) bond motifs is 3. The summed E-state index contributed by atoms with van der Waals surface area (Å²) in [6, 6.07) is 7.92. The third kappa shape index (κ3) is 2.93. The molecule has 0 radical (unpaired) electrons. The summed E-state index contributed by atoms with van der Waals surface area (Å²) in [5.41, 5.74) is 2.23. The summed E-state index contributed by atoms with van der Waals surface area (Å²) in [6.07, 6.45) is 0.454. The van der Waals surface area contributed by atoms with Gasteiger partial charge in [-0.3, -0.25) is 13.8 Å². The van der Waals surface area contributed by atoms with Crippen LogP contribution in [-0.2, 0) is 28.6 Å². The molecule has 6 nitrogen and oxygen atoms in total. The minimum atomic E-state index is -4.02. The Kier molecular flexibility index (Phi) is 4.55. The van der Waals surface area contributed by atoms with Crippen molar-refractivity contribution in [1.82, 2.24) is 0 Å². The highest BCUT2D eigenvalue weighted by molar-refractivity contribution is 7.86. The predicted octanol–water partition coefficient (Wildman–Crippen LogP) is 2.80. The van der Waals surface area contributed by atoms with Crippen LogP contribution in [0, 0.1) is 17.8 Å². The van der Waals surface area contributed by atoms with Crippen molar-refractivity contribution in [2.45, 2.75) is 44.3 Å².